The molecule has 0 heterocycles. The maximum Gasteiger partial charge on any atom is 0.149 e. The second-order valence-corrected chi connectivity index (χ2v) is 11.7. The highest BCUT2D eigenvalue weighted by molar-refractivity contribution is 5.47. The molecule has 236 valence electrons. The fourth-order valence-corrected chi connectivity index (χ4v) is 5.75. The summed E-state index contributed by atoms with van der Waals surface area (Å²) in [5, 5.41) is 9.97. The predicted molar refractivity (Wildman–Crippen MR) is 178 cm³/mol. The third-order valence-electron chi connectivity index (χ3n) is 8.27. The summed E-state index contributed by atoms with van der Waals surface area (Å²) in [4.78, 5) is 0. The molecule has 0 radical (unpaired) electrons. The molecule has 0 saturated heterocycles. The van der Waals surface area contributed by atoms with Crippen LogP contribution in [-0.2, 0) is 19.8 Å². The first-order valence-electron chi connectivity index (χ1n) is 16.9. The zero-order chi connectivity index (χ0) is 30.3. The quantitative estimate of drug-likeness (QED) is 0.0608. The van der Waals surface area contributed by atoms with E-state index < -0.39 is 11.7 Å². The molecular weight excluding hydrogens is 532 g/mol. The Morgan fingerprint density at radius 3 is 1.35 bits per heavy atom. The van der Waals surface area contributed by atoms with Crippen LogP contribution < -0.4 is 0 Å². The lowest BCUT2D eigenvalue weighted by atomic mass is 9.80. The first-order valence-corrected chi connectivity index (χ1v) is 16.9. The second-order valence-electron chi connectivity index (χ2n) is 11.7. The Morgan fingerprint density at radius 2 is 0.953 bits per heavy atom. The van der Waals surface area contributed by atoms with Crippen LogP contribution in [0, 0.1) is 0 Å². The highest BCUT2D eigenvalue weighted by atomic mass is 16.7. The molecule has 1 N–H and O–H groups in total. The van der Waals surface area contributed by atoms with E-state index in [4.69, 9.17) is 14.2 Å². The zero-order valence-corrected chi connectivity index (χ0v) is 26.6. The molecule has 4 nitrogen and oxygen atoms in total. The van der Waals surface area contributed by atoms with Crippen LogP contribution in [0.2, 0.25) is 0 Å². The standard InChI is InChI=1S/C39H56O4/c1-2-3-4-5-6-7-8-9-10-11-12-13-14-24-31-41-33-38(32-40)42-34-43-39(35-25-18-15-19-26-35,36-27-20-16-21-28-36)37-29-22-17-23-30-37/h15-23,25-30,38,40H,2-14,24,31-34H2,1H3. The molecule has 0 aliphatic carbocycles. The van der Waals surface area contributed by atoms with Gasteiger partial charge in [-0.25, -0.2) is 0 Å². The first-order chi connectivity index (χ1) is 21.3. The van der Waals surface area contributed by atoms with Crippen LogP contribution in [-0.4, -0.2) is 37.8 Å². The molecule has 3 rings (SSSR count). The van der Waals surface area contributed by atoms with Gasteiger partial charge >= 0.3 is 0 Å². The van der Waals surface area contributed by atoms with Crippen molar-refractivity contribution < 1.29 is 19.3 Å². The Balaban J connectivity index is 1.36. The van der Waals surface area contributed by atoms with Gasteiger partial charge in [0.2, 0.25) is 0 Å². The molecule has 0 bridgehead atoms. The molecule has 4 heteroatoms. The molecule has 3 aromatic carbocycles. The monoisotopic (exact) mass is 588 g/mol. The van der Waals surface area contributed by atoms with Crippen LogP contribution in [0.1, 0.15) is 114 Å². The maximum atomic E-state index is 9.97. The molecule has 43 heavy (non-hydrogen) atoms. The second kappa shape index (κ2) is 22.1. The number of unbranched alkanes of at least 4 members (excludes halogenated alkanes) is 13. The summed E-state index contributed by atoms with van der Waals surface area (Å²) in [5.41, 5.74) is 2.21. The van der Waals surface area contributed by atoms with Gasteiger partial charge in [0, 0.05) is 6.61 Å². The van der Waals surface area contributed by atoms with Gasteiger partial charge in [0.15, 0.2) is 0 Å². The summed E-state index contributed by atoms with van der Waals surface area (Å²) in [6.07, 6.45) is 18.3. The molecule has 0 aliphatic heterocycles. The number of benzene rings is 3. The van der Waals surface area contributed by atoms with Gasteiger partial charge in [-0.15, -0.1) is 0 Å². The topological polar surface area (TPSA) is 47.9 Å². The molecule has 0 saturated carbocycles. The summed E-state index contributed by atoms with van der Waals surface area (Å²) in [6, 6.07) is 30.7. The molecule has 1 atom stereocenters. The molecule has 0 fully saturated rings. The van der Waals surface area contributed by atoms with E-state index in [0.29, 0.717) is 13.2 Å². The lowest BCUT2D eigenvalue weighted by Gasteiger charge is -2.36. The minimum absolute atomic E-state index is 0.0200. The Bertz CT molecular complexity index is 944. The van der Waals surface area contributed by atoms with Gasteiger partial charge in [-0.2, -0.15) is 0 Å². The van der Waals surface area contributed by atoms with Crippen LogP contribution in [0.25, 0.3) is 0 Å². The molecule has 0 spiro atoms. The van der Waals surface area contributed by atoms with Gasteiger partial charge in [0.25, 0.3) is 0 Å². The Kier molecular flexibility index (Phi) is 18.0. The summed E-state index contributed by atoms with van der Waals surface area (Å²) in [6.45, 7) is 3.24. The van der Waals surface area contributed by atoms with E-state index in [0.717, 1.165) is 23.1 Å². The summed E-state index contributed by atoms with van der Waals surface area (Å²) < 4.78 is 18.6. The molecule has 3 aromatic rings. The molecule has 1 unspecified atom stereocenters. The van der Waals surface area contributed by atoms with Crippen molar-refractivity contribution in [1.82, 2.24) is 0 Å². The molecule has 0 aliphatic rings. The summed E-state index contributed by atoms with van der Waals surface area (Å²) >= 11 is 0. The van der Waals surface area contributed by atoms with E-state index in [1.165, 1.54) is 83.5 Å². The minimum atomic E-state index is -0.848. The van der Waals surface area contributed by atoms with E-state index in [2.05, 4.69) is 43.3 Å². The number of ether oxygens (including phenoxy) is 3. The maximum absolute atomic E-state index is 9.97. The van der Waals surface area contributed by atoms with Crippen LogP contribution in [0.15, 0.2) is 91.0 Å². The summed E-state index contributed by atoms with van der Waals surface area (Å²) in [5.74, 6) is 0. The third kappa shape index (κ3) is 12.6. The number of aliphatic hydroxyl groups is 1. The van der Waals surface area contributed by atoms with Crippen LogP contribution in [0.4, 0.5) is 0 Å². The van der Waals surface area contributed by atoms with Gasteiger partial charge in [-0.3, -0.25) is 0 Å². The van der Waals surface area contributed by atoms with Crippen molar-refractivity contribution in [3.05, 3.63) is 108 Å². The molecular formula is C39H56O4. The number of hydrogen-bond donors (Lipinski definition) is 1. The van der Waals surface area contributed by atoms with Crippen LogP contribution in [0.5, 0.6) is 0 Å². The predicted octanol–water partition coefficient (Wildman–Crippen LogP) is 9.83. The third-order valence-corrected chi connectivity index (χ3v) is 8.27. The highest BCUT2D eigenvalue weighted by Crippen LogP contribution is 2.40. The normalized spacial score (nSPS) is 12.4. The van der Waals surface area contributed by atoms with Crippen molar-refractivity contribution >= 4 is 0 Å². The first kappa shape index (κ1) is 35.0. The lowest BCUT2D eigenvalue weighted by Crippen LogP contribution is -2.35. The minimum Gasteiger partial charge on any atom is -0.394 e. The van der Waals surface area contributed by atoms with Gasteiger partial charge in [0.05, 0.1) is 13.2 Å². The van der Waals surface area contributed by atoms with Crippen molar-refractivity contribution in [1.29, 1.82) is 0 Å². The summed E-state index contributed by atoms with van der Waals surface area (Å²) in [7, 11) is 0. The average molecular weight is 589 g/mol. The van der Waals surface area contributed by atoms with E-state index >= 15 is 0 Å². The lowest BCUT2D eigenvalue weighted by molar-refractivity contribution is -0.158. The Morgan fingerprint density at radius 1 is 0.558 bits per heavy atom. The van der Waals surface area contributed by atoms with Crippen molar-refractivity contribution in [2.24, 2.45) is 0 Å². The van der Waals surface area contributed by atoms with Gasteiger partial charge in [-0.05, 0) is 23.1 Å². The Labute approximate surface area is 261 Å². The number of hydrogen-bond acceptors (Lipinski definition) is 4. The fourth-order valence-electron chi connectivity index (χ4n) is 5.75. The fraction of sp³-hybridized carbons (Fsp3) is 0.538. The zero-order valence-electron chi connectivity index (χ0n) is 26.6. The van der Waals surface area contributed by atoms with Gasteiger partial charge in [0.1, 0.15) is 18.5 Å². The van der Waals surface area contributed by atoms with E-state index in [-0.39, 0.29) is 13.4 Å². The van der Waals surface area contributed by atoms with E-state index in [9.17, 15) is 5.11 Å². The molecule has 0 aromatic heterocycles. The van der Waals surface area contributed by atoms with Crippen molar-refractivity contribution in [2.75, 3.05) is 26.6 Å². The average Bonchev–Trinajstić information content (AvgIpc) is 3.07. The van der Waals surface area contributed by atoms with Crippen molar-refractivity contribution in [3.63, 3.8) is 0 Å². The molecule has 0 amide bonds. The van der Waals surface area contributed by atoms with Crippen molar-refractivity contribution in [3.8, 4) is 0 Å². The van der Waals surface area contributed by atoms with Crippen molar-refractivity contribution in [2.45, 2.75) is 109 Å². The smallest absolute Gasteiger partial charge is 0.149 e. The number of rotatable bonds is 25. The highest BCUT2D eigenvalue weighted by Gasteiger charge is 2.37. The SMILES string of the molecule is CCCCCCCCCCCCCCCCOCC(CO)OCOC(c1ccccc1)(c1ccccc1)c1ccccc1. The van der Waals surface area contributed by atoms with E-state index in [1.807, 2.05) is 54.6 Å². The number of aliphatic hydroxyl groups excluding tert-OH is 1. The Hall–Kier alpha value is -2.50. The van der Waals surface area contributed by atoms with Crippen LogP contribution in [0.3, 0.4) is 0 Å². The van der Waals surface area contributed by atoms with E-state index in [1.54, 1.807) is 0 Å². The largest absolute Gasteiger partial charge is 0.394 e. The van der Waals surface area contributed by atoms with Gasteiger partial charge < -0.3 is 19.3 Å². The van der Waals surface area contributed by atoms with Crippen LogP contribution >= 0.6 is 0 Å². The van der Waals surface area contributed by atoms with Gasteiger partial charge in [-0.1, -0.05) is 181 Å².